The van der Waals surface area contributed by atoms with Gasteiger partial charge in [0, 0.05) is 30.0 Å². The van der Waals surface area contributed by atoms with Gasteiger partial charge >= 0.3 is 34.2 Å². The van der Waals surface area contributed by atoms with Gasteiger partial charge in [-0.1, -0.05) is 0 Å². The molecule has 0 aliphatic heterocycles. The third kappa shape index (κ3) is 15.5. The first-order chi connectivity index (χ1) is 39.7. The van der Waals surface area contributed by atoms with Crippen molar-refractivity contribution in [2.75, 3.05) is 35.8 Å². The number of azo groups is 3. The van der Waals surface area contributed by atoms with Crippen molar-refractivity contribution in [3.05, 3.63) is 138 Å². The number of nitrogen functional groups attached to an aromatic ring is 1. The molecule has 8 aromatic rings. The molecule has 31 nitrogen and oxygen atoms in total. The second-order valence-corrected chi connectivity index (χ2v) is 23.3. The second-order valence-electron chi connectivity index (χ2n) is 17.2. The van der Waals surface area contributed by atoms with Gasteiger partial charge in [-0.15, -0.1) is 19.5 Å². The van der Waals surface area contributed by atoms with Crippen molar-refractivity contribution >= 4 is 133 Å². The number of aryl methyl sites for hydroxylation is 2. The highest BCUT2D eigenvalue weighted by Gasteiger charge is 2.25. The Balaban J connectivity index is 1.04. The highest BCUT2D eigenvalue weighted by molar-refractivity contribution is 7.91. The predicted octanol–water partition coefficient (Wildman–Crippen LogP) is 9.11. The number of thiol groups is 1. The van der Waals surface area contributed by atoms with Crippen LogP contribution >= 0.6 is 12.9 Å². The number of hydrogen-bond donors (Lipinski definition) is 8. The smallest absolute Gasteiger partial charge is 0.444 e. The second kappa shape index (κ2) is 25.2. The van der Waals surface area contributed by atoms with Crippen molar-refractivity contribution < 1.29 is 85.0 Å². The molecule has 0 saturated heterocycles. The molecule has 2 heterocycles. The van der Waals surface area contributed by atoms with Crippen molar-refractivity contribution in [2.45, 2.75) is 28.5 Å². The van der Waals surface area contributed by atoms with E-state index in [1.54, 1.807) is 62.4 Å². The monoisotopic (exact) mass is 1250 g/mol. The molecule has 0 saturated carbocycles. The summed E-state index contributed by atoms with van der Waals surface area (Å²) in [4.78, 5) is 28.4. The molecule has 8 N–H and O–H groups in total. The van der Waals surface area contributed by atoms with Crippen LogP contribution in [0.1, 0.15) is 21.5 Å². The Kier molecular flexibility index (Phi) is 18.3. The Hall–Kier alpha value is -9.08. The fraction of sp³-hybridized carbons (Fsp3) is 0.104. The molecule has 36 heteroatoms. The van der Waals surface area contributed by atoms with E-state index in [1.165, 1.54) is 54.4 Å². The van der Waals surface area contributed by atoms with E-state index in [0.717, 1.165) is 30.3 Å². The number of nitrogens with two attached hydrogens (primary N) is 1. The van der Waals surface area contributed by atoms with Gasteiger partial charge in [0.15, 0.2) is 15.6 Å². The maximum Gasteiger partial charge on any atom is 0.444 e. The highest BCUT2D eigenvalue weighted by Crippen LogP contribution is 2.39. The molecule has 0 amide bonds. The lowest BCUT2D eigenvalue weighted by Gasteiger charge is -2.11. The molecule has 0 radical (unpaired) electrons. The largest absolute Gasteiger partial charge is 0.494 e. The van der Waals surface area contributed by atoms with Crippen LogP contribution < -0.4 is 30.6 Å². The molecule has 0 fully saturated rings. The predicted molar refractivity (Wildman–Crippen MR) is 299 cm³/mol. The molecule has 0 spiro atoms. The van der Waals surface area contributed by atoms with Gasteiger partial charge in [0.25, 0.3) is 20.2 Å². The molecule has 0 atom stereocenters. The van der Waals surface area contributed by atoms with Crippen LogP contribution in [0.15, 0.2) is 167 Å². The van der Waals surface area contributed by atoms with Crippen LogP contribution in [0.5, 0.6) is 11.5 Å². The first kappa shape index (κ1) is 61.0. The molecule has 0 bridgehead atoms. The van der Waals surface area contributed by atoms with Crippen LogP contribution in [-0.2, 0) is 54.0 Å². The fourth-order valence-electron chi connectivity index (χ4n) is 7.53. The summed E-state index contributed by atoms with van der Waals surface area (Å²) >= 11 is 3.43. The first-order valence-corrected chi connectivity index (χ1v) is 29.6. The minimum atomic E-state index is -4.97. The molecule has 84 heavy (non-hydrogen) atoms. The van der Waals surface area contributed by atoms with Crippen molar-refractivity contribution in [1.82, 2.24) is 15.0 Å². The van der Waals surface area contributed by atoms with Crippen molar-refractivity contribution in [2.24, 2.45) is 30.7 Å². The van der Waals surface area contributed by atoms with Crippen LogP contribution in [-0.4, -0.2) is 92.8 Å². The van der Waals surface area contributed by atoms with Gasteiger partial charge < -0.3 is 31.1 Å². The van der Waals surface area contributed by atoms with E-state index < -0.39 is 74.3 Å². The highest BCUT2D eigenvalue weighted by atomic mass is 32.3. The van der Waals surface area contributed by atoms with Crippen LogP contribution in [0, 0.1) is 13.8 Å². The summed E-state index contributed by atoms with van der Waals surface area (Å²) in [6.07, 6.45) is 2.73. The lowest BCUT2D eigenvalue weighted by Crippen LogP contribution is -2.33. The van der Waals surface area contributed by atoms with Crippen LogP contribution in [0.4, 0.5) is 63.1 Å². The number of carboxylic acids is 1. The van der Waals surface area contributed by atoms with Crippen LogP contribution in [0.25, 0.3) is 16.7 Å². The number of rotatable bonds is 23. The summed E-state index contributed by atoms with van der Waals surface area (Å²) in [5, 5.41) is 45.8. The summed E-state index contributed by atoms with van der Waals surface area (Å²) in [5.41, 5.74) is 8.03. The molecule has 0 aliphatic carbocycles. The average Bonchev–Trinajstić information content (AvgIpc) is 2.42. The Morgan fingerprint density at radius 2 is 1.29 bits per heavy atom. The number of hydrogen-bond acceptors (Lipinski definition) is 27. The van der Waals surface area contributed by atoms with Gasteiger partial charge in [-0.05, 0) is 148 Å². The molecular formula is C48H42N13O18S5+. The summed E-state index contributed by atoms with van der Waals surface area (Å²) in [5.74, 6) is -2.57. The SMILES string of the molecule is COc1cc(S(=O)(=O)CCOS(=O)(=O)O)ccc1N=Nc1cc(S(=O)(=O)O)c(N)cc1Nc1nc(Nc2ccc(N=Nc3ccc(N=Nc4cc(S(=O)(=O)O)c5cc(OOOS)cc(C)c5c4)c(C)c3)cc2)nc(-[n+]2ccc(C(=O)O)cc2)n1. The average molecular weight is 1250 g/mol. The van der Waals surface area contributed by atoms with Crippen molar-refractivity contribution in [3.63, 3.8) is 0 Å². The van der Waals surface area contributed by atoms with Crippen LogP contribution in [0.3, 0.4) is 0 Å². The van der Waals surface area contributed by atoms with Crippen LogP contribution in [0.2, 0.25) is 0 Å². The third-order valence-corrected chi connectivity index (χ3v) is 15.4. The fourth-order valence-corrected chi connectivity index (χ4v) is 10.4. The number of carbonyl (C=O) groups is 1. The first-order valence-electron chi connectivity index (χ1n) is 23.3. The van der Waals surface area contributed by atoms with Gasteiger partial charge in [-0.3, -0.25) is 13.7 Å². The molecule has 6 aromatic carbocycles. The number of sulfone groups is 1. The van der Waals surface area contributed by atoms with Gasteiger partial charge in [0.2, 0.25) is 0 Å². The number of anilines is 5. The van der Waals surface area contributed by atoms with E-state index in [2.05, 4.69) is 82.7 Å². The van der Waals surface area contributed by atoms with Crippen molar-refractivity contribution in [1.29, 1.82) is 0 Å². The number of benzene rings is 6. The van der Waals surface area contributed by atoms with E-state index in [-0.39, 0.29) is 67.9 Å². The Morgan fingerprint density at radius 3 is 1.93 bits per heavy atom. The Labute approximate surface area is 481 Å². The zero-order valence-corrected chi connectivity index (χ0v) is 47.3. The number of nitrogens with zero attached hydrogens (tertiary/aromatic N) is 10. The molecule has 2 aromatic heterocycles. The molecule has 436 valence electrons. The van der Waals surface area contributed by atoms with Gasteiger partial charge in [-0.2, -0.15) is 45.7 Å². The van der Waals surface area contributed by atoms with E-state index in [1.807, 2.05) is 0 Å². The number of fused-ring (bicyclic) bond motifs is 1. The topological polar surface area (TPSA) is 447 Å². The van der Waals surface area contributed by atoms with Gasteiger partial charge in [0.1, 0.15) is 26.9 Å². The summed E-state index contributed by atoms with van der Waals surface area (Å²) < 4.78 is 141. The molecule has 8 rings (SSSR count). The number of nitrogens with one attached hydrogen (secondary N) is 2. The Morgan fingerprint density at radius 1 is 0.655 bits per heavy atom. The van der Waals surface area contributed by atoms with E-state index in [9.17, 15) is 52.7 Å². The molecule has 0 aliphatic rings. The zero-order valence-electron chi connectivity index (χ0n) is 43.1. The number of pyridine rings is 1. The summed E-state index contributed by atoms with van der Waals surface area (Å²) in [6.45, 7) is 2.52. The molecular weight excluding hydrogens is 1210 g/mol. The standard InChI is InChI=1S/C48H41N13O18S5/c1-26-19-33(77-78-79-80)22-36-35(26)20-32(21-43(36)82(66,67)68)57-58-38-10-8-31(18-27(38)2)56-55-30-6-4-29(5-7-30)50-46-52-47(54-48(53-46)61-14-12-28(13-15-61)45(62)63)51-40-24-37(49)44(83(69,70)71)25-41(40)60-59-39-11-9-34(23-42(39)75-3)81(64,65)17-16-76-84(72,73)74/h4-15,18-25H,16-17H2,1-3H3,(H8-,49,50,51,52,53,54,56,57,59,62,63,66,67,68,69,70,71,72,73,74,80)/p+1. The van der Waals surface area contributed by atoms with Gasteiger partial charge in [0.05, 0.1) is 76.4 Å². The minimum absolute atomic E-state index is 0.0551. The summed E-state index contributed by atoms with van der Waals surface area (Å²) in [6, 6.07) is 24.8. The number of ether oxygens (including phenoxy) is 1. The number of aromatic nitrogens is 4. The minimum Gasteiger partial charge on any atom is -0.494 e. The lowest BCUT2D eigenvalue weighted by molar-refractivity contribution is -0.603. The summed E-state index contributed by atoms with van der Waals surface area (Å²) in [7, 11) is -17.7. The molecule has 0 unspecified atom stereocenters. The maximum atomic E-state index is 12.9. The van der Waals surface area contributed by atoms with Crippen molar-refractivity contribution in [3.8, 4) is 17.4 Å². The lowest BCUT2D eigenvalue weighted by atomic mass is 10.0. The van der Waals surface area contributed by atoms with E-state index >= 15 is 0 Å². The normalized spacial score (nSPS) is 12.4. The van der Waals surface area contributed by atoms with E-state index in [0.29, 0.717) is 39.3 Å². The number of aromatic carboxylic acids is 1. The third-order valence-electron chi connectivity index (χ3n) is 11.4. The van der Waals surface area contributed by atoms with Gasteiger partial charge in [-0.25, -0.2) is 22.0 Å². The quantitative estimate of drug-likeness (QED) is 0.00432. The number of carboxylic acid groups (broad SMARTS) is 1. The Bertz CT molecular complexity index is 4450. The zero-order chi connectivity index (χ0) is 60.7. The van der Waals surface area contributed by atoms with E-state index in [4.69, 9.17) is 19.9 Å². The number of methoxy groups -OCH3 is 1. The maximum absolute atomic E-state index is 12.9.